The van der Waals surface area contributed by atoms with Crippen LogP contribution in [0.2, 0.25) is 0 Å². The van der Waals surface area contributed by atoms with Gasteiger partial charge in [0.15, 0.2) is 5.84 Å². The van der Waals surface area contributed by atoms with E-state index in [1.165, 1.54) is 11.1 Å². The smallest absolute Gasteiger partial charge is 0.156 e. The van der Waals surface area contributed by atoms with Crippen LogP contribution in [0.25, 0.3) is 0 Å². The van der Waals surface area contributed by atoms with Crippen molar-refractivity contribution in [2.45, 2.75) is 51.6 Å². The Labute approximate surface area is 121 Å². The maximum absolute atomic E-state index is 8.84. The molecule has 1 aromatic rings. The number of nitrogens with zero attached hydrogens (tertiary/aromatic N) is 2. The highest BCUT2D eigenvalue weighted by molar-refractivity contribution is 5.85. The Morgan fingerprint density at radius 3 is 2.55 bits per heavy atom. The van der Waals surface area contributed by atoms with Gasteiger partial charge in [0.25, 0.3) is 0 Å². The van der Waals surface area contributed by atoms with Crippen molar-refractivity contribution >= 4 is 5.84 Å². The second kappa shape index (κ2) is 5.83. The van der Waals surface area contributed by atoms with Crippen LogP contribution in [0.1, 0.15) is 44.7 Å². The summed E-state index contributed by atoms with van der Waals surface area (Å²) in [5, 5.41) is 12.0. The Morgan fingerprint density at radius 2 is 2.00 bits per heavy atom. The summed E-state index contributed by atoms with van der Waals surface area (Å²) in [4.78, 5) is 2.28. The monoisotopic (exact) mass is 275 g/mol. The highest BCUT2D eigenvalue weighted by atomic mass is 16.4. The lowest BCUT2D eigenvalue weighted by Crippen LogP contribution is -2.40. The summed E-state index contributed by atoms with van der Waals surface area (Å²) in [6.45, 7) is 8.51. The zero-order chi connectivity index (χ0) is 14.8. The molecule has 4 heteroatoms. The van der Waals surface area contributed by atoms with Gasteiger partial charge in [-0.2, -0.15) is 0 Å². The average molecular weight is 275 g/mol. The van der Waals surface area contributed by atoms with Gasteiger partial charge >= 0.3 is 0 Å². The highest BCUT2D eigenvalue weighted by Crippen LogP contribution is 2.24. The topological polar surface area (TPSA) is 61.8 Å². The van der Waals surface area contributed by atoms with Gasteiger partial charge in [0.1, 0.15) is 0 Å². The van der Waals surface area contributed by atoms with Crippen molar-refractivity contribution in [3.63, 3.8) is 0 Å². The van der Waals surface area contributed by atoms with Crippen LogP contribution in [0, 0.1) is 0 Å². The molecule has 1 saturated heterocycles. The molecule has 1 heterocycles. The molecule has 3 N–H and O–H groups in total. The number of hydrogen-bond acceptors (Lipinski definition) is 3. The lowest BCUT2D eigenvalue weighted by Gasteiger charge is -2.24. The number of benzene rings is 1. The molecule has 0 aliphatic carbocycles. The molecule has 4 nitrogen and oxygen atoms in total. The van der Waals surface area contributed by atoms with Gasteiger partial charge < -0.3 is 10.9 Å². The van der Waals surface area contributed by atoms with E-state index in [2.05, 4.69) is 55.1 Å². The van der Waals surface area contributed by atoms with E-state index in [1.807, 2.05) is 0 Å². The molecule has 1 unspecified atom stereocenters. The van der Waals surface area contributed by atoms with Crippen LogP contribution in [-0.2, 0) is 12.0 Å². The molecule has 1 aromatic carbocycles. The van der Waals surface area contributed by atoms with Crippen LogP contribution in [-0.4, -0.2) is 28.5 Å². The van der Waals surface area contributed by atoms with Gasteiger partial charge in [0, 0.05) is 6.54 Å². The van der Waals surface area contributed by atoms with Crippen LogP contribution in [0.5, 0.6) is 0 Å². The molecule has 0 bridgehead atoms. The Morgan fingerprint density at radius 1 is 1.35 bits per heavy atom. The molecule has 0 amide bonds. The van der Waals surface area contributed by atoms with Crippen molar-refractivity contribution in [1.29, 1.82) is 0 Å². The van der Waals surface area contributed by atoms with E-state index in [-0.39, 0.29) is 11.5 Å². The third-order valence-corrected chi connectivity index (χ3v) is 4.03. The predicted molar refractivity (Wildman–Crippen MR) is 82.0 cm³/mol. The van der Waals surface area contributed by atoms with Crippen molar-refractivity contribution in [3.8, 4) is 0 Å². The molecule has 2 rings (SSSR count). The summed E-state index contributed by atoms with van der Waals surface area (Å²) < 4.78 is 0. The molecule has 110 valence electrons. The van der Waals surface area contributed by atoms with Crippen molar-refractivity contribution in [1.82, 2.24) is 4.90 Å². The number of likely N-dealkylation sites (tertiary alicyclic amines) is 1. The van der Waals surface area contributed by atoms with Crippen LogP contribution in [0.3, 0.4) is 0 Å². The molecular weight excluding hydrogens is 250 g/mol. The predicted octanol–water partition coefficient (Wildman–Crippen LogP) is 2.69. The average Bonchev–Trinajstić information content (AvgIpc) is 2.85. The SMILES string of the molecule is CC(C)(C)c1ccc(CN2CCCC2C(N)=NO)cc1. The summed E-state index contributed by atoms with van der Waals surface area (Å²) in [6.07, 6.45) is 2.07. The first-order valence-electron chi connectivity index (χ1n) is 7.22. The van der Waals surface area contributed by atoms with Crippen molar-refractivity contribution in [2.75, 3.05) is 6.54 Å². The minimum absolute atomic E-state index is 0.0716. The summed E-state index contributed by atoms with van der Waals surface area (Å²) in [5.74, 6) is 0.328. The minimum Gasteiger partial charge on any atom is -0.409 e. The maximum Gasteiger partial charge on any atom is 0.156 e. The Bertz CT molecular complexity index is 473. The summed E-state index contributed by atoms with van der Waals surface area (Å²) in [5.41, 5.74) is 8.56. The van der Waals surface area contributed by atoms with E-state index in [4.69, 9.17) is 10.9 Å². The van der Waals surface area contributed by atoms with Gasteiger partial charge in [-0.1, -0.05) is 50.2 Å². The number of amidine groups is 1. The van der Waals surface area contributed by atoms with E-state index in [0.29, 0.717) is 5.84 Å². The van der Waals surface area contributed by atoms with E-state index in [9.17, 15) is 0 Å². The fraction of sp³-hybridized carbons (Fsp3) is 0.562. The molecule has 0 radical (unpaired) electrons. The van der Waals surface area contributed by atoms with Crippen LogP contribution in [0.4, 0.5) is 0 Å². The third-order valence-electron chi connectivity index (χ3n) is 4.03. The van der Waals surface area contributed by atoms with Gasteiger partial charge in [0.05, 0.1) is 6.04 Å². The van der Waals surface area contributed by atoms with Crippen LogP contribution in [0.15, 0.2) is 29.4 Å². The largest absolute Gasteiger partial charge is 0.409 e. The molecule has 0 aromatic heterocycles. The van der Waals surface area contributed by atoms with Crippen LogP contribution >= 0.6 is 0 Å². The van der Waals surface area contributed by atoms with Gasteiger partial charge in [-0.15, -0.1) is 0 Å². The lowest BCUT2D eigenvalue weighted by atomic mass is 9.87. The standard InChI is InChI=1S/C16H25N3O/c1-16(2,3)13-8-6-12(7-9-13)11-19-10-4-5-14(19)15(17)18-20/h6-9,14,20H,4-5,10-11H2,1-3H3,(H2,17,18). The molecule has 1 fully saturated rings. The van der Waals surface area contributed by atoms with Crippen molar-refractivity contribution in [3.05, 3.63) is 35.4 Å². The maximum atomic E-state index is 8.84. The second-order valence-electron chi connectivity index (χ2n) is 6.60. The second-order valence-corrected chi connectivity index (χ2v) is 6.60. The lowest BCUT2D eigenvalue weighted by molar-refractivity contribution is 0.275. The molecule has 20 heavy (non-hydrogen) atoms. The van der Waals surface area contributed by atoms with Gasteiger partial charge in [-0.05, 0) is 35.9 Å². The Balaban J connectivity index is 2.06. The van der Waals surface area contributed by atoms with E-state index in [0.717, 1.165) is 25.9 Å². The molecule has 0 spiro atoms. The summed E-state index contributed by atoms with van der Waals surface area (Å²) in [7, 11) is 0. The molecular formula is C16H25N3O. The molecule has 1 aliphatic heterocycles. The molecule has 0 saturated carbocycles. The number of oxime groups is 1. The van der Waals surface area contributed by atoms with Gasteiger partial charge in [-0.25, -0.2) is 0 Å². The van der Waals surface area contributed by atoms with E-state index >= 15 is 0 Å². The Hall–Kier alpha value is -1.55. The van der Waals surface area contributed by atoms with Gasteiger partial charge in [-0.3, -0.25) is 4.90 Å². The number of hydrogen-bond donors (Lipinski definition) is 2. The first-order valence-corrected chi connectivity index (χ1v) is 7.22. The normalized spacial score (nSPS) is 21.4. The first kappa shape index (κ1) is 14.9. The Kier molecular flexibility index (Phi) is 4.33. The third kappa shape index (κ3) is 3.31. The zero-order valence-corrected chi connectivity index (χ0v) is 12.6. The highest BCUT2D eigenvalue weighted by Gasteiger charge is 2.27. The van der Waals surface area contributed by atoms with E-state index in [1.54, 1.807) is 0 Å². The first-order chi connectivity index (χ1) is 9.41. The van der Waals surface area contributed by atoms with E-state index < -0.39 is 0 Å². The summed E-state index contributed by atoms with van der Waals surface area (Å²) in [6, 6.07) is 8.83. The zero-order valence-electron chi connectivity index (χ0n) is 12.6. The van der Waals surface area contributed by atoms with Gasteiger partial charge in [0.2, 0.25) is 0 Å². The van der Waals surface area contributed by atoms with Crippen molar-refractivity contribution < 1.29 is 5.21 Å². The number of nitrogens with two attached hydrogens (primary N) is 1. The molecule has 1 atom stereocenters. The minimum atomic E-state index is 0.0716. The fourth-order valence-electron chi connectivity index (χ4n) is 2.76. The molecule has 1 aliphatic rings. The van der Waals surface area contributed by atoms with Crippen molar-refractivity contribution in [2.24, 2.45) is 10.9 Å². The number of rotatable bonds is 3. The quantitative estimate of drug-likeness (QED) is 0.386. The summed E-state index contributed by atoms with van der Waals surface area (Å²) >= 11 is 0. The van der Waals surface area contributed by atoms with Crippen LogP contribution < -0.4 is 5.73 Å². The fourth-order valence-corrected chi connectivity index (χ4v) is 2.76.